The van der Waals surface area contributed by atoms with Gasteiger partial charge in [-0.2, -0.15) is 13.2 Å². The minimum absolute atomic E-state index is 0.178. The maximum atomic E-state index is 12.2. The quantitative estimate of drug-likeness (QED) is 0.478. The van der Waals surface area contributed by atoms with E-state index >= 15 is 0 Å². The number of nitrogens with zero attached hydrogens (tertiary/aromatic N) is 1. The predicted octanol–water partition coefficient (Wildman–Crippen LogP) is 5.54. The summed E-state index contributed by atoms with van der Waals surface area (Å²) in [4.78, 5) is 4.07. The van der Waals surface area contributed by atoms with Gasteiger partial charge in [0.1, 0.15) is 18.1 Å². The molecule has 0 fully saturated rings. The van der Waals surface area contributed by atoms with Gasteiger partial charge in [0, 0.05) is 41.6 Å². The second-order valence-corrected chi connectivity index (χ2v) is 6.99. The van der Waals surface area contributed by atoms with E-state index in [1.807, 2.05) is 24.3 Å². The molecule has 0 amide bonds. The highest BCUT2D eigenvalue weighted by Gasteiger charge is 2.28. The Morgan fingerprint density at radius 3 is 2.43 bits per heavy atom. The van der Waals surface area contributed by atoms with E-state index < -0.39 is 12.8 Å². The molecule has 1 heterocycles. The predicted molar refractivity (Wildman–Crippen MR) is 109 cm³/mol. The molecule has 30 heavy (non-hydrogen) atoms. The molecule has 0 spiro atoms. The Balaban J connectivity index is 1.53. The number of nitrogens with one attached hydrogen (secondary N) is 1. The van der Waals surface area contributed by atoms with Gasteiger partial charge >= 0.3 is 6.18 Å². The van der Waals surface area contributed by atoms with E-state index in [2.05, 4.69) is 10.3 Å². The van der Waals surface area contributed by atoms with Gasteiger partial charge in [0.25, 0.3) is 0 Å². The third-order valence-electron chi connectivity index (χ3n) is 4.11. The van der Waals surface area contributed by atoms with E-state index in [0.717, 1.165) is 16.7 Å². The van der Waals surface area contributed by atoms with Crippen LogP contribution in [0.15, 0.2) is 67.0 Å². The summed E-state index contributed by atoms with van der Waals surface area (Å²) in [6.07, 6.45) is -0.903. The van der Waals surface area contributed by atoms with E-state index in [4.69, 9.17) is 21.1 Å². The summed E-state index contributed by atoms with van der Waals surface area (Å²) < 4.78 is 47.2. The van der Waals surface area contributed by atoms with Crippen molar-refractivity contribution in [3.05, 3.63) is 88.7 Å². The Hall–Kier alpha value is -2.77. The van der Waals surface area contributed by atoms with E-state index in [-0.39, 0.29) is 5.75 Å². The summed E-state index contributed by atoms with van der Waals surface area (Å²) in [7, 11) is 0. The highest BCUT2D eigenvalue weighted by Crippen LogP contribution is 2.24. The third kappa shape index (κ3) is 7.24. The second kappa shape index (κ2) is 10.3. The first kappa shape index (κ1) is 21.9. The fraction of sp³-hybridized carbons (Fsp3) is 0.227. The van der Waals surface area contributed by atoms with E-state index in [1.54, 1.807) is 30.6 Å². The molecule has 2 aromatic carbocycles. The number of ether oxygens (including phenoxy) is 2. The molecule has 0 saturated heterocycles. The molecule has 0 unspecified atom stereocenters. The first-order valence-corrected chi connectivity index (χ1v) is 9.56. The summed E-state index contributed by atoms with van der Waals surface area (Å²) in [5, 5.41) is 3.89. The van der Waals surface area contributed by atoms with E-state index in [9.17, 15) is 13.2 Å². The SMILES string of the molecule is FC(F)(F)COc1ccc(CNCc2cc(Cl)ccc2OCc2cccnc2)cc1. The lowest BCUT2D eigenvalue weighted by Crippen LogP contribution is -2.19. The lowest BCUT2D eigenvalue weighted by molar-refractivity contribution is -0.153. The van der Waals surface area contributed by atoms with Crippen LogP contribution in [0, 0.1) is 0 Å². The average Bonchev–Trinajstić information content (AvgIpc) is 2.73. The van der Waals surface area contributed by atoms with Crippen LogP contribution in [0.25, 0.3) is 0 Å². The molecule has 0 radical (unpaired) electrons. The molecule has 0 atom stereocenters. The maximum absolute atomic E-state index is 12.2. The monoisotopic (exact) mass is 436 g/mol. The Kier molecular flexibility index (Phi) is 7.54. The van der Waals surface area contributed by atoms with Gasteiger partial charge in [-0.15, -0.1) is 0 Å². The van der Waals surface area contributed by atoms with Crippen molar-refractivity contribution in [1.29, 1.82) is 0 Å². The van der Waals surface area contributed by atoms with Crippen molar-refractivity contribution in [1.82, 2.24) is 10.3 Å². The lowest BCUT2D eigenvalue weighted by atomic mass is 10.1. The Bertz CT molecular complexity index is 935. The molecular weight excluding hydrogens is 417 g/mol. The van der Waals surface area contributed by atoms with Gasteiger partial charge < -0.3 is 14.8 Å². The number of aromatic nitrogens is 1. The van der Waals surface area contributed by atoms with Crippen LogP contribution in [0.4, 0.5) is 13.2 Å². The number of benzene rings is 2. The van der Waals surface area contributed by atoms with Crippen LogP contribution in [0.3, 0.4) is 0 Å². The number of halogens is 4. The second-order valence-electron chi connectivity index (χ2n) is 6.55. The van der Waals surface area contributed by atoms with Crippen LogP contribution in [0.2, 0.25) is 5.02 Å². The van der Waals surface area contributed by atoms with E-state index in [1.165, 1.54) is 12.1 Å². The van der Waals surface area contributed by atoms with Crippen molar-refractivity contribution in [3.63, 3.8) is 0 Å². The molecule has 8 heteroatoms. The Morgan fingerprint density at radius 2 is 1.73 bits per heavy atom. The topological polar surface area (TPSA) is 43.4 Å². The molecule has 0 aliphatic carbocycles. The van der Waals surface area contributed by atoms with Crippen molar-refractivity contribution in [2.75, 3.05) is 6.61 Å². The minimum atomic E-state index is -4.35. The van der Waals surface area contributed by atoms with Gasteiger partial charge in [-0.05, 0) is 42.0 Å². The lowest BCUT2D eigenvalue weighted by Gasteiger charge is -2.13. The molecule has 3 aromatic rings. The van der Waals surface area contributed by atoms with Crippen LogP contribution >= 0.6 is 11.6 Å². The van der Waals surface area contributed by atoms with Gasteiger partial charge in [0.15, 0.2) is 6.61 Å². The van der Waals surface area contributed by atoms with Crippen molar-refractivity contribution >= 4 is 11.6 Å². The standard InChI is InChI=1S/C22H20ClF3N2O2/c23-19-5-8-21(29-14-17-2-1-9-27-12-17)18(10-19)13-28-11-16-3-6-20(7-4-16)30-15-22(24,25)26/h1-10,12,28H,11,13-15H2. The highest BCUT2D eigenvalue weighted by molar-refractivity contribution is 6.30. The van der Waals surface area contributed by atoms with Crippen molar-refractivity contribution < 1.29 is 22.6 Å². The zero-order chi connectivity index (χ0) is 21.4. The summed E-state index contributed by atoms with van der Waals surface area (Å²) in [5.74, 6) is 0.892. The van der Waals surface area contributed by atoms with Gasteiger partial charge in [0.05, 0.1) is 0 Å². The molecular formula is C22H20ClF3N2O2. The van der Waals surface area contributed by atoms with Crippen LogP contribution in [0.5, 0.6) is 11.5 Å². The zero-order valence-electron chi connectivity index (χ0n) is 16.0. The van der Waals surface area contributed by atoms with Crippen LogP contribution in [-0.2, 0) is 19.7 Å². The molecule has 1 N–H and O–H groups in total. The molecule has 1 aromatic heterocycles. The first-order chi connectivity index (χ1) is 14.4. The van der Waals surface area contributed by atoms with Crippen molar-refractivity contribution in [2.24, 2.45) is 0 Å². The molecule has 0 bridgehead atoms. The van der Waals surface area contributed by atoms with Gasteiger partial charge in [-0.1, -0.05) is 29.8 Å². The molecule has 0 aliphatic heterocycles. The highest BCUT2D eigenvalue weighted by atomic mass is 35.5. The zero-order valence-corrected chi connectivity index (χ0v) is 16.7. The van der Waals surface area contributed by atoms with Crippen LogP contribution in [0.1, 0.15) is 16.7 Å². The summed E-state index contributed by atoms with van der Waals surface area (Å²) in [6.45, 7) is 0.117. The minimum Gasteiger partial charge on any atom is -0.489 e. The normalized spacial score (nSPS) is 11.3. The maximum Gasteiger partial charge on any atom is 0.422 e. The molecule has 3 rings (SSSR count). The van der Waals surface area contributed by atoms with Crippen molar-refractivity contribution in [2.45, 2.75) is 25.9 Å². The van der Waals surface area contributed by atoms with Gasteiger partial charge in [-0.3, -0.25) is 4.98 Å². The number of rotatable bonds is 9. The van der Waals surface area contributed by atoms with Gasteiger partial charge in [0.2, 0.25) is 0 Å². The Labute approximate surface area is 177 Å². The average molecular weight is 437 g/mol. The molecule has 4 nitrogen and oxygen atoms in total. The number of hydrogen-bond donors (Lipinski definition) is 1. The van der Waals surface area contributed by atoms with E-state index in [0.29, 0.717) is 30.5 Å². The Morgan fingerprint density at radius 1 is 0.933 bits per heavy atom. The number of hydrogen-bond acceptors (Lipinski definition) is 4. The fourth-order valence-corrected chi connectivity index (χ4v) is 2.88. The summed E-state index contributed by atoms with van der Waals surface area (Å²) in [5.41, 5.74) is 2.77. The molecule has 0 aliphatic rings. The van der Waals surface area contributed by atoms with Crippen LogP contribution < -0.4 is 14.8 Å². The van der Waals surface area contributed by atoms with Crippen molar-refractivity contribution in [3.8, 4) is 11.5 Å². The fourth-order valence-electron chi connectivity index (χ4n) is 2.68. The largest absolute Gasteiger partial charge is 0.489 e. The number of alkyl halides is 3. The van der Waals surface area contributed by atoms with Crippen LogP contribution in [-0.4, -0.2) is 17.8 Å². The van der Waals surface area contributed by atoms with Gasteiger partial charge in [-0.25, -0.2) is 0 Å². The first-order valence-electron chi connectivity index (χ1n) is 9.18. The summed E-state index contributed by atoms with van der Waals surface area (Å²) >= 11 is 6.12. The molecule has 158 valence electrons. The summed E-state index contributed by atoms with van der Waals surface area (Å²) in [6, 6.07) is 15.7. The molecule has 0 saturated carbocycles. The smallest absolute Gasteiger partial charge is 0.422 e. The number of pyridine rings is 1. The third-order valence-corrected chi connectivity index (χ3v) is 4.35.